The van der Waals surface area contributed by atoms with Gasteiger partial charge in [-0.05, 0) is 44.2 Å². The smallest absolute Gasteiger partial charge is 0.278 e. The number of hydrogen-bond acceptors (Lipinski definition) is 8. The Labute approximate surface area is 200 Å². The van der Waals surface area contributed by atoms with Crippen LogP contribution in [0.25, 0.3) is 23.0 Å². The van der Waals surface area contributed by atoms with Gasteiger partial charge >= 0.3 is 0 Å². The maximum Gasteiger partial charge on any atom is 0.278 e. The highest BCUT2D eigenvalue weighted by Crippen LogP contribution is 2.26. The molecule has 0 radical (unpaired) electrons. The average molecular weight is 497 g/mol. The fourth-order valence-electron chi connectivity index (χ4n) is 2.89. The van der Waals surface area contributed by atoms with Crippen LogP contribution >= 0.6 is 0 Å². The summed E-state index contributed by atoms with van der Waals surface area (Å²) in [5.74, 6) is -0.189. The van der Waals surface area contributed by atoms with Crippen LogP contribution in [0.3, 0.4) is 0 Å². The summed E-state index contributed by atoms with van der Waals surface area (Å²) in [6, 6.07) is 12.2. The van der Waals surface area contributed by atoms with Crippen LogP contribution in [0.5, 0.6) is 0 Å². The predicted octanol–water partition coefficient (Wildman–Crippen LogP) is 3.93. The number of anilines is 2. The van der Waals surface area contributed by atoms with E-state index in [1.807, 2.05) is 0 Å². The Kier molecular flexibility index (Phi) is 6.56. The first-order valence-corrected chi connectivity index (χ1v) is 11.9. The molecule has 10 nitrogen and oxygen atoms in total. The molecule has 35 heavy (non-hydrogen) atoms. The van der Waals surface area contributed by atoms with Crippen LogP contribution in [-0.4, -0.2) is 41.1 Å². The van der Waals surface area contributed by atoms with E-state index in [2.05, 4.69) is 30.1 Å². The second-order valence-corrected chi connectivity index (χ2v) is 9.88. The number of benzene rings is 2. The molecule has 2 N–H and O–H groups in total. The summed E-state index contributed by atoms with van der Waals surface area (Å²) in [5, 5.41) is 6.50. The van der Waals surface area contributed by atoms with Gasteiger partial charge in [0.1, 0.15) is 12.4 Å². The summed E-state index contributed by atoms with van der Waals surface area (Å²) in [6.45, 7) is 2.12. The number of sulfonamides is 1. The number of nitrogens with zero attached hydrogens (tertiary/aromatic N) is 4. The highest BCUT2D eigenvalue weighted by molar-refractivity contribution is 7.92. The summed E-state index contributed by atoms with van der Waals surface area (Å²) in [7, 11) is -4.00. The van der Waals surface area contributed by atoms with Gasteiger partial charge in [0.2, 0.25) is 11.7 Å². The maximum absolute atomic E-state index is 13.1. The minimum atomic E-state index is -4.00. The van der Waals surface area contributed by atoms with E-state index in [1.54, 1.807) is 24.3 Å². The number of halogens is 1. The Balaban J connectivity index is 1.54. The SMILES string of the molecule is CC(C)(CF)C(=O)Nc1cccc(NS(=O)(=O)c2cccc(-c3noc(-c4cnccn4)n3)c2)c1. The number of aromatic nitrogens is 4. The van der Waals surface area contributed by atoms with Crippen molar-refractivity contribution in [2.75, 3.05) is 16.7 Å². The largest absolute Gasteiger partial charge is 0.332 e. The third-order valence-corrected chi connectivity index (χ3v) is 6.31. The molecule has 0 unspecified atom stereocenters. The Morgan fingerprint density at radius 1 is 1.09 bits per heavy atom. The molecule has 2 aromatic heterocycles. The van der Waals surface area contributed by atoms with Gasteiger partial charge in [0.05, 0.1) is 22.2 Å². The molecule has 180 valence electrons. The predicted molar refractivity (Wildman–Crippen MR) is 126 cm³/mol. The maximum atomic E-state index is 13.1. The molecule has 4 aromatic rings. The second-order valence-electron chi connectivity index (χ2n) is 8.20. The van der Waals surface area contributed by atoms with Gasteiger partial charge in [-0.3, -0.25) is 14.5 Å². The molecule has 2 aromatic carbocycles. The van der Waals surface area contributed by atoms with Crippen LogP contribution in [0.15, 0.2) is 76.5 Å². The van der Waals surface area contributed by atoms with Gasteiger partial charge in [0, 0.05) is 23.6 Å². The molecular formula is C23H21FN6O4S. The first kappa shape index (κ1) is 24.0. The third-order valence-electron chi connectivity index (χ3n) is 4.93. The van der Waals surface area contributed by atoms with Crippen molar-refractivity contribution in [2.45, 2.75) is 18.7 Å². The molecule has 0 aliphatic rings. The van der Waals surface area contributed by atoms with Crippen molar-refractivity contribution in [1.82, 2.24) is 20.1 Å². The van der Waals surface area contributed by atoms with Crippen molar-refractivity contribution in [1.29, 1.82) is 0 Å². The van der Waals surface area contributed by atoms with Crippen molar-refractivity contribution in [3.8, 4) is 23.0 Å². The molecule has 0 saturated carbocycles. The highest BCUT2D eigenvalue weighted by Gasteiger charge is 2.27. The molecule has 0 spiro atoms. The molecule has 1 amide bonds. The normalized spacial score (nSPS) is 11.7. The van der Waals surface area contributed by atoms with Crippen LogP contribution in [0, 0.1) is 5.41 Å². The summed E-state index contributed by atoms with van der Waals surface area (Å²) in [6.07, 6.45) is 4.47. The van der Waals surface area contributed by atoms with Gasteiger partial charge < -0.3 is 9.84 Å². The van der Waals surface area contributed by atoms with Crippen LogP contribution in [-0.2, 0) is 14.8 Å². The molecule has 0 bridgehead atoms. The fourth-order valence-corrected chi connectivity index (χ4v) is 3.99. The van der Waals surface area contributed by atoms with E-state index >= 15 is 0 Å². The van der Waals surface area contributed by atoms with Crippen LogP contribution in [0.4, 0.5) is 15.8 Å². The topological polar surface area (TPSA) is 140 Å². The Morgan fingerprint density at radius 3 is 2.60 bits per heavy atom. The molecule has 4 rings (SSSR count). The van der Waals surface area contributed by atoms with E-state index in [0.29, 0.717) is 16.9 Å². The number of alkyl halides is 1. The summed E-state index contributed by atoms with van der Waals surface area (Å²) >= 11 is 0. The van der Waals surface area contributed by atoms with E-state index in [4.69, 9.17) is 4.52 Å². The van der Waals surface area contributed by atoms with Gasteiger partial charge in [-0.25, -0.2) is 17.8 Å². The number of nitrogens with one attached hydrogen (secondary N) is 2. The van der Waals surface area contributed by atoms with E-state index in [9.17, 15) is 17.6 Å². The lowest BCUT2D eigenvalue weighted by Crippen LogP contribution is -2.32. The molecule has 2 heterocycles. The minimum Gasteiger partial charge on any atom is -0.332 e. The first-order chi connectivity index (χ1) is 16.7. The van der Waals surface area contributed by atoms with Gasteiger partial charge in [0.25, 0.3) is 15.9 Å². The van der Waals surface area contributed by atoms with Crippen molar-refractivity contribution >= 4 is 27.3 Å². The average Bonchev–Trinajstić information content (AvgIpc) is 3.35. The third kappa shape index (κ3) is 5.49. The monoisotopic (exact) mass is 496 g/mol. The van der Waals surface area contributed by atoms with Gasteiger partial charge in [-0.2, -0.15) is 4.98 Å². The molecule has 0 atom stereocenters. The zero-order valence-corrected chi connectivity index (χ0v) is 19.6. The molecular weight excluding hydrogens is 475 g/mol. The second kappa shape index (κ2) is 9.58. The Bertz CT molecular complexity index is 1460. The number of hydrogen-bond donors (Lipinski definition) is 2. The summed E-state index contributed by atoms with van der Waals surface area (Å²) in [5.41, 5.74) is 0.141. The standard InChI is InChI=1S/C23H21FN6O4S/c1-23(2,14-24)22(31)27-16-6-4-7-17(12-16)30-35(32,33)18-8-3-5-15(11-18)20-28-21(34-29-20)19-13-25-9-10-26-19/h3-13,30H,14H2,1-2H3,(H,27,31). The summed E-state index contributed by atoms with van der Waals surface area (Å²) in [4.78, 5) is 24.5. The van der Waals surface area contributed by atoms with Gasteiger partial charge in [0.15, 0.2) is 0 Å². The number of amides is 1. The lowest BCUT2D eigenvalue weighted by Gasteiger charge is -2.19. The van der Waals surface area contributed by atoms with Crippen LogP contribution < -0.4 is 10.0 Å². The minimum absolute atomic E-state index is 0.0335. The van der Waals surface area contributed by atoms with Crippen molar-refractivity contribution in [3.05, 3.63) is 67.1 Å². The van der Waals surface area contributed by atoms with E-state index in [0.717, 1.165) is 0 Å². The fraction of sp³-hybridized carbons (Fsp3) is 0.174. The number of carbonyl (C=O) groups is 1. The first-order valence-electron chi connectivity index (χ1n) is 10.4. The highest BCUT2D eigenvalue weighted by atomic mass is 32.2. The van der Waals surface area contributed by atoms with E-state index in [-0.39, 0.29) is 22.3 Å². The lowest BCUT2D eigenvalue weighted by atomic mass is 9.94. The Hall–Kier alpha value is -4.19. The van der Waals surface area contributed by atoms with Crippen molar-refractivity contribution in [2.24, 2.45) is 5.41 Å². The van der Waals surface area contributed by atoms with E-state index in [1.165, 1.54) is 56.7 Å². The lowest BCUT2D eigenvalue weighted by molar-refractivity contribution is -0.124. The van der Waals surface area contributed by atoms with Gasteiger partial charge in [-0.1, -0.05) is 23.4 Å². The summed E-state index contributed by atoms with van der Waals surface area (Å²) < 4.78 is 46.8. The van der Waals surface area contributed by atoms with Crippen molar-refractivity contribution in [3.63, 3.8) is 0 Å². The molecule has 12 heteroatoms. The zero-order chi connectivity index (χ0) is 25.1. The van der Waals surface area contributed by atoms with E-state index < -0.39 is 28.0 Å². The molecule has 0 aliphatic carbocycles. The number of rotatable bonds is 8. The number of carbonyl (C=O) groups excluding carboxylic acids is 1. The Morgan fingerprint density at radius 2 is 1.86 bits per heavy atom. The van der Waals surface area contributed by atoms with Gasteiger partial charge in [-0.15, -0.1) is 0 Å². The molecule has 0 fully saturated rings. The zero-order valence-electron chi connectivity index (χ0n) is 18.8. The van der Waals surface area contributed by atoms with Crippen LogP contribution in [0.1, 0.15) is 13.8 Å². The quantitative estimate of drug-likeness (QED) is 0.374. The van der Waals surface area contributed by atoms with Crippen LogP contribution in [0.2, 0.25) is 0 Å². The van der Waals surface area contributed by atoms with Crippen molar-refractivity contribution < 1.29 is 22.1 Å². The molecule has 0 saturated heterocycles. The molecule has 0 aliphatic heterocycles.